The summed E-state index contributed by atoms with van der Waals surface area (Å²) in [6.45, 7) is 2.00. The van der Waals surface area contributed by atoms with E-state index in [0.717, 1.165) is 17.7 Å². The van der Waals surface area contributed by atoms with Gasteiger partial charge in [0.2, 0.25) is 5.91 Å². The first-order chi connectivity index (χ1) is 14.6. The van der Waals surface area contributed by atoms with Crippen LogP contribution in [0, 0.1) is 5.82 Å². The molecule has 1 aliphatic rings. The molecule has 0 aliphatic carbocycles. The molecular formula is C23H23FN2O3S. The summed E-state index contributed by atoms with van der Waals surface area (Å²) in [6, 6.07) is 14.1. The Balaban J connectivity index is 1.47. The van der Waals surface area contributed by atoms with Crippen LogP contribution >= 0.6 is 11.3 Å². The van der Waals surface area contributed by atoms with Gasteiger partial charge in [-0.05, 0) is 37.1 Å². The van der Waals surface area contributed by atoms with E-state index in [0.29, 0.717) is 47.5 Å². The van der Waals surface area contributed by atoms with E-state index in [4.69, 9.17) is 4.74 Å². The zero-order chi connectivity index (χ0) is 20.9. The normalized spacial score (nSPS) is 13.8. The first kappa shape index (κ1) is 20.3. The van der Waals surface area contributed by atoms with Crippen LogP contribution in [0.5, 0.6) is 5.75 Å². The molecule has 1 N–H and O–H groups in total. The second-order valence-electron chi connectivity index (χ2n) is 7.22. The minimum atomic E-state index is -0.359. The molecule has 1 aliphatic heterocycles. The Morgan fingerprint density at radius 3 is 2.77 bits per heavy atom. The Hall–Kier alpha value is -2.93. The van der Waals surface area contributed by atoms with Crippen LogP contribution in [0.4, 0.5) is 4.39 Å². The monoisotopic (exact) mass is 426 g/mol. The summed E-state index contributed by atoms with van der Waals surface area (Å²) in [6.07, 6.45) is 2.21. The lowest BCUT2D eigenvalue weighted by molar-refractivity contribution is -0.127. The summed E-state index contributed by atoms with van der Waals surface area (Å²) in [5, 5.41) is 3.35. The molecule has 5 nitrogen and oxygen atoms in total. The molecule has 30 heavy (non-hydrogen) atoms. The predicted molar refractivity (Wildman–Crippen MR) is 115 cm³/mol. The molecule has 2 aromatic carbocycles. The van der Waals surface area contributed by atoms with Crippen LogP contribution in [-0.2, 0) is 11.4 Å². The van der Waals surface area contributed by atoms with Gasteiger partial charge in [-0.3, -0.25) is 9.59 Å². The molecule has 0 spiro atoms. The van der Waals surface area contributed by atoms with Gasteiger partial charge in [0.05, 0.1) is 4.88 Å². The number of nitrogens with zero attached hydrogens (tertiary/aromatic N) is 1. The van der Waals surface area contributed by atoms with Crippen LogP contribution in [0.1, 0.15) is 34.5 Å². The van der Waals surface area contributed by atoms with E-state index in [1.165, 1.54) is 17.4 Å². The smallest absolute Gasteiger partial charge is 0.261 e. The molecule has 1 fully saturated rings. The molecule has 0 atom stereocenters. The van der Waals surface area contributed by atoms with Crippen molar-refractivity contribution < 1.29 is 18.7 Å². The fourth-order valence-corrected chi connectivity index (χ4v) is 4.79. The van der Waals surface area contributed by atoms with Crippen molar-refractivity contribution in [3.63, 3.8) is 0 Å². The molecule has 4 rings (SSSR count). The molecule has 2 heterocycles. The lowest BCUT2D eigenvalue weighted by Crippen LogP contribution is -2.30. The van der Waals surface area contributed by atoms with Gasteiger partial charge in [0.15, 0.2) is 0 Å². The van der Waals surface area contributed by atoms with Gasteiger partial charge < -0.3 is 15.0 Å². The van der Waals surface area contributed by atoms with Gasteiger partial charge in [-0.25, -0.2) is 4.39 Å². The maximum Gasteiger partial charge on any atom is 0.261 e. The Morgan fingerprint density at radius 1 is 1.17 bits per heavy atom. The third-order valence-electron chi connectivity index (χ3n) is 5.16. The number of para-hydroxylation sites is 1. The second-order valence-corrected chi connectivity index (χ2v) is 8.27. The molecule has 0 bridgehead atoms. The average molecular weight is 427 g/mol. The first-order valence-electron chi connectivity index (χ1n) is 10.1. The number of halogens is 1. The molecule has 1 saturated heterocycles. The van der Waals surface area contributed by atoms with E-state index >= 15 is 0 Å². The molecule has 1 aromatic heterocycles. The van der Waals surface area contributed by atoms with Crippen LogP contribution in [-0.4, -0.2) is 36.3 Å². The summed E-state index contributed by atoms with van der Waals surface area (Å²) in [5.41, 5.74) is 0.559. The average Bonchev–Trinajstić information content (AvgIpc) is 3.34. The van der Waals surface area contributed by atoms with Gasteiger partial charge in [-0.2, -0.15) is 0 Å². The van der Waals surface area contributed by atoms with Crippen molar-refractivity contribution in [1.29, 1.82) is 0 Å². The fourth-order valence-electron chi connectivity index (χ4n) is 3.65. The predicted octanol–water partition coefficient (Wildman–Crippen LogP) is 4.36. The van der Waals surface area contributed by atoms with Crippen molar-refractivity contribution in [2.24, 2.45) is 0 Å². The first-order valence-corrected chi connectivity index (χ1v) is 10.9. The number of rotatable bonds is 8. The Kier molecular flexibility index (Phi) is 6.28. The topological polar surface area (TPSA) is 58.6 Å². The van der Waals surface area contributed by atoms with Crippen LogP contribution in [0.2, 0.25) is 0 Å². The van der Waals surface area contributed by atoms with Gasteiger partial charge in [-0.15, -0.1) is 11.3 Å². The number of nitrogens with one attached hydrogen (secondary N) is 1. The number of thiophene rings is 1. The molecule has 0 radical (unpaired) electrons. The van der Waals surface area contributed by atoms with Gasteiger partial charge in [0, 0.05) is 41.7 Å². The van der Waals surface area contributed by atoms with Crippen molar-refractivity contribution in [2.45, 2.75) is 25.9 Å². The zero-order valence-electron chi connectivity index (χ0n) is 16.5. The largest absolute Gasteiger partial charge is 0.489 e. The highest BCUT2D eigenvalue weighted by molar-refractivity contribution is 7.21. The number of hydrogen-bond acceptors (Lipinski definition) is 4. The molecule has 7 heteroatoms. The van der Waals surface area contributed by atoms with E-state index in [-0.39, 0.29) is 24.2 Å². The van der Waals surface area contributed by atoms with Crippen LogP contribution in [0.15, 0.2) is 48.5 Å². The number of likely N-dealkylation sites (tertiary alicyclic amines) is 1. The number of benzene rings is 2. The van der Waals surface area contributed by atoms with Gasteiger partial charge >= 0.3 is 0 Å². The fraction of sp³-hybridized carbons (Fsp3) is 0.304. The highest BCUT2D eigenvalue weighted by atomic mass is 32.1. The molecular weight excluding hydrogens is 403 g/mol. The zero-order valence-corrected chi connectivity index (χ0v) is 17.3. The number of fused-ring (bicyclic) bond motifs is 1. The van der Waals surface area contributed by atoms with Gasteiger partial charge in [-0.1, -0.05) is 24.3 Å². The van der Waals surface area contributed by atoms with E-state index in [9.17, 15) is 14.0 Å². The Labute approximate surface area is 178 Å². The van der Waals surface area contributed by atoms with Crippen molar-refractivity contribution in [3.8, 4) is 5.75 Å². The third kappa shape index (κ3) is 4.46. The molecule has 3 aromatic rings. The summed E-state index contributed by atoms with van der Waals surface area (Å²) < 4.78 is 21.1. The highest BCUT2D eigenvalue weighted by Gasteiger charge is 2.22. The number of carbonyl (C=O) groups is 2. The van der Waals surface area contributed by atoms with E-state index in [1.54, 1.807) is 6.07 Å². The van der Waals surface area contributed by atoms with E-state index < -0.39 is 0 Å². The number of carbonyl (C=O) groups excluding carboxylic acids is 2. The van der Waals surface area contributed by atoms with E-state index in [2.05, 4.69) is 5.32 Å². The Bertz CT molecular complexity index is 1050. The van der Waals surface area contributed by atoms with E-state index in [1.807, 2.05) is 41.3 Å². The molecule has 156 valence electrons. The lowest BCUT2D eigenvalue weighted by Gasteiger charge is -2.15. The molecule has 2 amide bonds. The Morgan fingerprint density at radius 2 is 2.00 bits per heavy atom. The van der Waals surface area contributed by atoms with Crippen LogP contribution < -0.4 is 10.1 Å². The summed E-state index contributed by atoms with van der Waals surface area (Å²) in [5.74, 6) is 0.244. The minimum Gasteiger partial charge on any atom is -0.489 e. The molecule has 0 saturated carbocycles. The van der Waals surface area contributed by atoms with Crippen molar-refractivity contribution in [1.82, 2.24) is 10.2 Å². The van der Waals surface area contributed by atoms with Crippen molar-refractivity contribution in [2.75, 3.05) is 19.6 Å². The lowest BCUT2D eigenvalue weighted by atomic mass is 10.1. The summed E-state index contributed by atoms with van der Waals surface area (Å²) >= 11 is 1.27. The van der Waals surface area contributed by atoms with Crippen molar-refractivity contribution in [3.05, 3.63) is 64.8 Å². The SMILES string of the molecule is O=C(NCCCN1CCCC1=O)c1sc2cccc(F)c2c1COc1ccccc1. The number of ether oxygens (including phenoxy) is 1. The summed E-state index contributed by atoms with van der Waals surface area (Å²) in [4.78, 5) is 26.8. The van der Waals surface area contributed by atoms with Crippen molar-refractivity contribution >= 4 is 33.2 Å². The van der Waals surface area contributed by atoms with Gasteiger partial charge in [0.1, 0.15) is 18.2 Å². The quantitative estimate of drug-likeness (QED) is 0.545. The maximum atomic E-state index is 14.5. The number of hydrogen-bond donors (Lipinski definition) is 1. The second kappa shape index (κ2) is 9.26. The van der Waals surface area contributed by atoms with Gasteiger partial charge in [0.25, 0.3) is 5.91 Å². The van der Waals surface area contributed by atoms with Crippen LogP contribution in [0.25, 0.3) is 10.1 Å². The molecule has 0 unspecified atom stereocenters. The summed E-state index contributed by atoms with van der Waals surface area (Å²) in [7, 11) is 0. The standard InChI is InChI=1S/C23H23FN2O3S/c24-18-9-4-10-19-21(18)17(15-29-16-7-2-1-3-8-16)22(30-19)23(28)25-12-6-14-26-13-5-11-20(26)27/h1-4,7-10H,5-6,11-15H2,(H,25,28). The number of amides is 2. The third-order valence-corrected chi connectivity index (χ3v) is 6.35. The maximum absolute atomic E-state index is 14.5. The van der Waals surface area contributed by atoms with Crippen LogP contribution in [0.3, 0.4) is 0 Å². The highest BCUT2D eigenvalue weighted by Crippen LogP contribution is 2.34. The minimum absolute atomic E-state index is 0.107.